The smallest absolute Gasteiger partial charge is 0.257 e. The van der Waals surface area contributed by atoms with Gasteiger partial charge in [-0.05, 0) is 69.9 Å². The average Bonchev–Trinajstić information content (AvgIpc) is 3.25. The first-order valence-corrected chi connectivity index (χ1v) is 11.5. The Labute approximate surface area is 201 Å². The van der Waals surface area contributed by atoms with E-state index in [9.17, 15) is 0 Å². The Bertz CT molecular complexity index is 2050. The summed E-state index contributed by atoms with van der Waals surface area (Å²) >= 11 is 0. The number of benzene rings is 5. The molecule has 2 aromatic heterocycles. The summed E-state index contributed by atoms with van der Waals surface area (Å²) < 4.78 is 32.0. The Hall–Kier alpha value is -4.17. The molecule has 2 nitrogen and oxygen atoms in total. The molecule has 0 spiro atoms. The molecule has 0 amide bonds. The van der Waals surface area contributed by atoms with Crippen molar-refractivity contribution < 1.29 is 13.1 Å². The van der Waals surface area contributed by atoms with Crippen molar-refractivity contribution in [2.24, 2.45) is 0 Å². The van der Waals surface area contributed by atoms with E-state index in [4.69, 9.17) is 8.53 Å². The highest BCUT2D eigenvalue weighted by atomic mass is 16.3. The highest BCUT2D eigenvalue weighted by Crippen LogP contribution is 2.40. The molecule has 34 heavy (non-hydrogen) atoms. The van der Waals surface area contributed by atoms with Gasteiger partial charge in [-0.2, -0.15) is 4.57 Å². The van der Waals surface area contributed by atoms with Crippen LogP contribution in [0.1, 0.15) is 20.9 Å². The number of nitrogens with zero attached hydrogens (tertiary/aromatic N) is 1. The number of aryl methyl sites for hydroxylation is 3. The minimum absolute atomic E-state index is 0.334. The first-order chi connectivity index (χ1) is 17.8. The minimum Gasteiger partial charge on any atom is -0.449 e. The van der Waals surface area contributed by atoms with Crippen LogP contribution < -0.4 is 4.57 Å². The van der Waals surface area contributed by atoms with Crippen molar-refractivity contribution in [1.29, 1.82) is 0 Å². The third-order valence-electron chi connectivity index (χ3n) is 7.07. The summed E-state index contributed by atoms with van der Waals surface area (Å²) in [5, 5.41) is 9.41. The van der Waals surface area contributed by atoms with E-state index < -0.39 is 6.85 Å². The van der Waals surface area contributed by atoms with Gasteiger partial charge in [0.15, 0.2) is 11.9 Å². The van der Waals surface area contributed by atoms with E-state index in [1.165, 1.54) is 32.3 Å². The fourth-order valence-corrected chi connectivity index (χ4v) is 5.49. The second-order valence-corrected chi connectivity index (χ2v) is 9.12. The standard InChI is InChI=1S/C32H24NO/c1-19-14-15-33(21(3)16-19)31-20(2)12-13-26-29-17-27-24-10-6-4-8-22(24)23-9-5-7-11-25(23)28(27)18-30(29)34-32(26)31/h4-18H,1-3H3/q+1/i1D3. The highest BCUT2D eigenvalue weighted by molar-refractivity contribution is 6.28. The maximum Gasteiger partial charge on any atom is 0.257 e. The van der Waals surface area contributed by atoms with E-state index in [1.54, 1.807) is 12.1 Å². The van der Waals surface area contributed by atoms with Crippen LogP contribution in [0.2, 0.25) is 0 Å². The third kappa shape index (κ3) is 2.60. The zero-order valence-electron chi connectivity index (χ0n) is 22.0. The number of pyridine rings is 1. The van der Waals surface area contributed by atoms with Gasteiger partial charge in [-0.15, -0.1) is 0 Å². The molecule has 0 aliphatic heterocycles. The largest absolute Gasteiger partial charge is 0.449 e. The van der Waals surface area contributed by atoms with Gasteiger partial charge in [0.2, 0.25) is 5.58 Å². The Morgan fingerprint density at radius 1 is 0.647 bits per heavy atom. The summed E-state index contributed by atoms with van der Waals surface area (Å²) in [6.45, 7) is 1.85. The van der Waals surface area contributed by atoms with Gasteiger partial charge in [0.25, 0.3) is 5.69 Å². The van der Waals surface area contributed by atoms with Gasteiger partial charge in [-0.25, -0.2) is 0 Å². The van der Waals surface area contributed by atoms with E-state index in [2.05, 4.69) is 79.7 Å². The van der Waals surface area contributed by atoms with Gasteiger partial charge in [-0.3, -0.25) is 0 Å². The molecule has 162 valence electrons. The molecule has 7 rings (SSSR count). The van der Waals surface area contributed by atoms with Crippen molar-refractivity contribution in [2.75, 3.05) is 0 Å². The molecule has 0 aliphatic carbocycles. The number of hydrogen-bond acceptors (Lipinski definition) is 1. The van der Waals surface area contributed by atoms with Crippen molar-refractivity contribution in [2.45, 2.75) is 20.7 Å². The normalized spacial score (nSPS) is 13.6. The monoisotopic (exact) mass is 441 g/mol. The van der Waals surface area contributed by atoms with Crippen LogP contribution in [-0.4, -0.2) is 0 Å². The Morgan fingerprint density at radius 3 is 1.94 bits per heavy atom. The van der Waals surface area contributed by atoms with Crippen LogP contribution in [0.5, 0.6) is 0 Å². The molecule has 0 saturated heterocycles. The molecular weight excluding hydrogens is 414 g/mol. The number of furan rings is 1. The number of hydrogen-bond donors (Lipinski definition) is 0. The predicted molar refractivity (Wildman–Crippen MR) is 142 cm³/mol. The number of aromatic nitrogens is 1. The zero-order chi connectivity index (χ0) is 25.5. The Morgan fingerprint density at radius 2 is 1.29 bits per heavy atom. The quantitative estimate of drug-likeness (QED) is 0.185. The van der Waals surface area contributed by atoms with Crippen molar-refractivity contribution in [3.63, 3.8) is 0 Å². The van der Waals surface area contributed by atoms with E-state index in [1.807, 2.05) is 17.7 Å². The van der Waals surface area contributed by atoms with E-state index in [0.717, 1.165) is 38.9 Å². The first kappa shape index (κ1) is 16.4. The topological polar surface area (TPSA) is 17.0 Å². The summed E-state index contributed by atoms with van der Waals surface area (Å²) in [6.07, 6.45) is 1.84. The fourth-order valence-electron chi connectivity index (χ4n) is 5.49. The molecule has 0 unspecified atom stereocenters. The van der Waals surface area contributed by atoms with Gasteiger partial charge in [0.05, 0.1) is 0 Å². The van der Waals surface area contributed by atoms with Crippen LogP contribution in [-0.2, 0) is 0 Å². The highest BCUT2D eigenvalue weighted by Gasteiger charge is 2.23. The molecular formula is C32H24NO+. The molecule has 0 atom stereocenters. The van der Waals surface area contributed by atoms with Crippen LogP contribution in [0.15, 0.2) is 95.5 Å². The molecule has 2 heterocycles. The summed E-state index contributed by atoms with van der Waals surface area (Å²) in [7, 11) is 0. The van der Waals surface area contributed by atoms with Gasteiger partial charge in [-0.1, -0.05) is 54.6 Å². The first-order valence-electron chi connectivity index (χ1n) is 13.0. The zero-order valence-corrected chi connectivity index (χ0v) is 19.0. The average molecular weight is 442 g/mol. The third-order valence-corrected chi connectivity index (χ3v) is 7.07. The van der Waals surface area contributed by atoms with Crippen LogP contribution >= 0.6 is 0 Å². The van der Waals surface area contributed by atoms with Crippen LogP contribution in [0.3, 0.4) is 0 Å². The Kier molecular flexibility index (Phi) is 3.34. The summed E-state index contributed by atoms with van der Waals surface area (Å²) in [5.74, 6) is 0. The summed E-state index contributed by atoms with van der Waals surface area (Å²) in [5.41, 5.74) is 4.80. The lowest BCUT2D eigenvalue weighted by Gasteiger charge is -2.10. The second kappa shape index (κ2) is 6.91. The van der Waals surface area contributed by atoms with Gasteiger partial charge >= 0.3 is 0 Å². The number of rotatable bonds is 1. The molecule has 2 heteroatoms. The molecule has 0 aliphatic rings. The minimum atomic E-state index is -2.14. The molecule has 0 radical (unpaired) electrons. The van der Waals surface area contributed by atoms with Crippen LogP contribution in [0.25, 0.3) is 59.9 Å². The lowest BCUT2D eigenvalue weighted by molar-refractivity contribution is -0.602. The molecule has 0 N–H and O–H groups in total. The van der Waals surface area contributed by atoms with E-state index in [-0.39, 0.29) is 0 Å². The van der Waals surface area contributed by atoms with Crippen molar-refractivity contribution in [3.8, 4) is 5.69 Å². The molecule has 0 saturated carbocycles. The maximum absolute atomic E-state index is 7.78. The van der Waals surface area contributed by atoms with E-state index >= 15 is 0 Å². The molecule has 0 bridgehead atoms. The van der Waals surface area contributed by atoms with Crippen molar-refractivity contribution >= 4 is 54.3 Å². The number of fused-ring (bicyclic) bond motifs is 9. The molecule has 7 aromatic rings. The Balaban J connectivity index is 1.58. The van der Waals surface area contributed by atoms with Gasteiger partial charge in [0.1, 0.15) is 5.58 Å². The maximum atomic E-state index is 7.78. The van der Waals surface area contributed by atoms with E-state index in [0.29, 0.717) is 5.56 Å². The second-order valence-electron chi connectivity index (χ2n) is 9.12. The van der Waals surface area contributed by atoms with Crippen molar-refractivity contribution in [3.05, 3.63) is 108 Å². The predicted octanol–water partition coefficient (Wildman–Crippen LogP) is 8.25. The van der Waals surface area contributed by atoms with Crippen LogP contribution in [0.4, 0.5) is 0 Å². The lowest BCUT2D eigenvalue weighted by Crippen LogP contribution is -2.34. The lowest BCUT2D eigenvalue weighted by atomic mass is 9.93. The van der Waals surface area contributed by atoms with Gasteiger partial charge in [0, 0.05) is 39.5 Å². The fraction of sp³-hybridized carbons (Fsp3) is 0.0938. The van der Waals surface area contributed by atoms with Crippen molar-refractivity contribution in [1.82, 2.24) is 0 Å². The molecule has 0 fully saturated rings. The summed E-state index contributed by atoms with van der Waals surface area (Å²) in [4.78, 5) is 0. The molecule has 5 aromatic carbocycles. The van der Waals surface area contributed by atoms with Gasteiger partial charge < -0.3 is 4.42 Å². The van der Waals surface area contributed by atoms with Crippen LogP contribution in [0, 0.1) is 20.7 Å². The SMILES string of the molecule is [2H]C([2H])([2H])c1cc[n+](-c2c(C)ccc3c2oc2cc4c5ccccc5c5ccccc5c4cc23)c(C)c1. The summed E-state index contributed by atoms with van der Waals surface area (Å²) in [6, 6.07) is 29.2.